The lowest BCUT2D eigenvalue weighted by molar-refractivity contribution is -0.120. The van der Waals surface area contributed by atoms with Gasteiger partial charge in [0.05, 0.1) is 6.54 Å². The second-order valence-corrected chi connectivity index (χ2v) is 4.15. The quantitative estimate of drug-likeness (QED) is 0.788. The Bertz CT molecular complexity index is 332. The summed E-state index contributed by atoms with van der Waals surface area (Å²) in [6.07, 6.45) is 0. The van der Waals surface area contributed by atoms with Crippen LogP contribution in [0.3, 0.4) is 0 Å². The van der Waals surface area contributed by atoms with E-state index >= 15 is 0 Å². The number of carbonyl (C=O) groups excluding carboxylic acids is 1. The molecule has 0 radical (unpaired) electrons. The molecule has 0 spiro atoms. The van der Waals surface area contributed by atoms with E-state index in [1.807, 2.05) is 0 Å². The van der Waals surface area contributed by atoms with Gasteiger partial charge in [0.25, 0.3) is 0 Å². The largest absolute Gasteiger partial charge is 0.354 e. The maximum absolute atomic E-state index is 11.3. The molecule has 3 heteroatoms. The number of likely N-dealkylation sites (N-methyl/N-ethyl adjacent to an activating group) is 1. The number of aryl methyl sites for hydroxylation is 1. The zero-order valence-corrected chi connectivity index (χ0v) is 10.2. The molecule has 0 aliphatic heterocycles. The highest BCUT2D eigenvalue weighted by Crippen LogP contribution is 2.14. The van der Waals surface area contributed by atoms with Gasteiger partial charge in [0, 0.05) is 6.54 Å². The van der Waals surface area contributed by atoms with Crippen LogP contribution in [0, 0.1) is 6.92 Å². The molecule has 0 bridgehead atoms. The van der Waals surface area contributed by atoms with Gasteiger partial charge >= 0.3 is 0 Å². The van der Waals surface area contributed by atoms with E-state index in [-0.39, 0.29) is 5.91 Å². The molecule has 0 aromatic heterocycles. The fourth-order valence-corrected chi connectivity index (χ4v) is 1.50. The predicted molar refractivity (Wildman–Crippen MR) is 66.5 cm³/mol. The first-order valence-electron chi connectivity index (χ1n) is 5.61. The molecule has 3 nitrogen and oxygen atoms in total. The molecule has 16 heavy (non-hydrogen) atoms. The Morgan fingerprint density at radius 1 is 1.31 bits per heavy atom. The van der Waals surface area contributed by atoms with Crippen molar-refractivity contribution >= 4 is 5.91 Å². The Morgan fingerprint density at radius 2 is 1.94 bits per heavy atom. The lowest BCUT2D eigenvalue weighted by atomic mass is 10.00. The Hall–Kier alpha value is -1.35. The number of hydrogen-bond donors (Lipinski definition) is 2. The summed E-state index contributed by atoms with van der Waals surface area (Å²) in [6.45, 7) is 5.25. The Kier molecular flexibility index (Phi) is 4.99. The van der Waals surface area contributed by atoms with E-state index in [0.717, 1.165) is 0 Å². The van der Waals surface area contributed by atoms with Crippen LogP contribution in [-0.4, -0.2) is 26.0 Å². The topological polar surface area (TPSA) is 41.1 Å². The molecule has 0 aliphatic rings. The average molecular weight is 220 g/mol. The van der Waals surface area contributed by atoms with E-state index in [9.17, 15) is 4.79 Å². The highest BCUT2D eigenvalue weighted by Gasteiger charge is 2.06. The summed E-state index contributed by atoms with van der Waals surface area (Å²) in [4.78, 5) is 11.3. The second kappa shape index (κ2) is 6.28. The first-order chi connectivity index (χ1) is 7.63. The van der Waals surface area contributed by atoms with Gasteiger partial charge in [-0.15, -0.1) is 0 Å². The smallest absolute Gasteiger partial charge is 0.233 e. The molecule has 0 aliphatic carbocycles. The lowest BCUT2D eigenvalue weighted by Crippen LogP contribution is -2.34. The summed E-state index contributed by atoms with van der Waals surface area (Å²) >= 11 is 0. The molecule has 1 amide bonds. The standard InChI is InChI=1S/C13H20N2O/c1-10-4-6-12(7-5-10)11(2)8-15-13(16)9-14-3/h4-7,11,14H,8-9H2,1-3H3,(H,15,16). The average Bonchev–Trinajstić information content (AvgIpc) is 2.27. The van der Waals surface area contributed by atoms with Gasteiger partial charge in [0.15, 0.2) is 0 Å². The molecule has 0 saturated heterocycles. The second-order valence-electron chi connectivity index (χ2n) is 4.15. The molecule has 0 fully saturated rings. The van der Waals surface area contributed by atoms with Crippen LogP contribution in [0.15, 0.2) is 24.3 Å². The van der Waals surface area contributed by atoms with Crippen molar-refractivity contribution in [3.8, 4) is 0 Å². The highest BCUT2D eigenvalue weighted by molar-refractivity contribution is 5.77. The summed E-state index contributed by atoms with van der Waals surface area (Å²) in [5.41, 5.74) is 2.52. The van der Waals surface area contributed by atoms with Crippen LogP contribution >= 0.6 is 0 Å². The van der Waals surface area contributed by atoms with Crippen molar-refractivity contribution in [2.75, 3.05) is 20.1 Å². The Morgan fingerprint density at radius 3 is 2.50 bits per heavy atom. The third kappa shape index (κ3) is 4.03. The number of hydrogen-bond acceptors (Lipinski definition) is 2. The molecule has 1 unspecified atom stereocenters. The fourth-order valence-electron chi connectivity index (χ4n) is 1.50. The number of benzene rings is 1. The zero-order chi connectivity index (χ0) is 12.0. The molecular formula is C13H20N2O. The van der Waals surface area contributed by atoms with Crippen LogP contribution in [0.4, 0.5) is 0 Å². The van der Waals surface area contributed by atoms with Crippen LogP contribution < -0.4 is 10.6 Å². The van der Waals surface area contributed by atoms with Gasteiger partial charge in [-0.05, 0) is 25.5 Å². The molecular weight excluding hydrogens is 200 g/mol. The Labute approximate surface area is 97.2 Å². The molecule has 0 saturated carbocycles. The summed E-state index contributed by atoms with van der Waals surface area (Å²) < 4.78 is 0. The van der Waals surface area contributed by atoms with Crippen LogP contribution in [0.25, 0.3) is 0 Å². The minimum Gasteiger partial charge on any atom is -0.354 e. The van der Waals surface area contributed by atoms with Gasteiger partial charge in [0.1, 0.15) is 0 Å². The molecule has 1 rings (SSSR count). The van der Waals surface area contributed by atoms with E-state index in [1.165, 1.54) is 11.1 Å². The minimum absolute atomic E-state index is 0.0430. The normalized spacial score (nSPS) is 12.2. The van der Waals surface area contributed by atoms with Crippen molar-refractivity contribution in [3.63, 3.8) is 0 Å². The minimum atomic E-state index is 0.0430. The van der Waals surface area contributed by atoms with Crippen LogP contribution in [0.1, 0.15) is 24.0 Å². The van der Waals surface area contributed by atoms with Crippen molar-refractivity contribution in [1.29, 1.82) is 0 Å². The SMILES string of the molecule is CNCC(=O)NCC(C)c1ccc(C)cc1. The van der Waals surface area contributed by atoms with Crippen LogP contribution in [0.2, 0.25) is 0 Å². The van der Waals surface area contributed by atoms with Crippen LogP contribution in [-0.2, 0) is 4.79 Å². The molecule has 1 atom stereocenters. The third-order valence-electron chi connectivity index (χ3n) is 2.59. The molecule has 1 aromatic carbocycles. The van der Waals surface area contributed by atoms with Gasteiger partial charge < -0.3 is 10.6 Å². The van der Waals surface area contributed by atoms with Crippen molar-refractivity contribution in [2.45, 2.75) is 19.8 Å². The van der Waals surface area contributed by atoms with Gasteiger partial charge in [-0.3, -0.25) is 4.79 Å². The van der Waals surface area contributed by atoms with E-state index in [1.54, 1.807) is 7.05 Å². The molecule has 0 heterocycles. The van der Waals surface area contributed by atoms with Gasteiger partial charge in [0.2, 0.25) is 5.91 Å². The predicted octanol–water partition coefficient (Wildman–Crippen LogP) is 1.43. The maximum atomic E-state index is 11.3. The van der Waals surface area contributed by atoms with E-state index in [0.29, 0.717) is 19.0 Å². The maximum Gasteiger partial charge on any atom is 0.233 e. The van der Waals surface area contributed by atoms with Gasteiger partial charge in [-0.2, -0.15) is 0 Å². The van der Waals surface area contributed by atoms with Crippen LogP contribution in [0.5, 0.6) is 0 Å². The van der Waals surface area contributed by atoms with E-state index in [4.69, 9.17) is 0 Å². The van der Waals surface area contributed by atoms with E-state index in [2.05, 4.69) is 48.7 Å². The lowest BCUT2D eigenvalue weighted by Gasteiger charge is -2.13. The van der Waals surface area contributed by atoms with E-state index < -0.39 is 0 Å². The van der Waals surface area contributed by atoms with Crippen molar-refractivity contribution in [3.05, 3.63) is 35.4 Å². The fraction of sp³-hybridized carbons (Fsp3) is 0.462. The molecule has 88 valence electrons. The summed E-state index contributed by atoms with van der Waals surface area (Å²) in [5, 5.41) is 5.72. The monoisotopic (exact) mass is 220 g/mol. The number of amides is 1. The first kappa shape index (κ1) is 12.7. The summed E-state index contributed by atoms with van der Waals surface area (Å²) in [5.74, 6) is 0.392. The first-order valence-corrected chi connectivity index (χ1v) is 5.61. The number of carbonyl (C=O) groups is 1. The number of rotatable bonds is 5. The molecule has 2 N–H and O–H groups in total. The van der Waals surface area contributed by atoms with Crippen molar-refractivity contribution < 1.29 is 4.79 Å². The highest BCUT2D eigenvalue weighted by atomic mass is 16.1. The summed E-state index contributed by atoms with van der Waals surface area (Å²) in [7, 11) is 1.77. The Balaban J connectivity index is 2.43. The van der Waals surface area contributed by atoms with Gasteiger partial charge in [-0.1, -0.05) is 36.8 Å². The summed E-state index contributed by atoms with van der Waals surface area (Å²) in [6, 6.07) is 8.43. The number of nitrogens with one attached hydrogen (secondary N) is 2. The third-order valence-corrected chi connectivity index (χ3v) is 2.59. The van der Waals surface area contributed by atoms with Crippen molar-refractivity contribution in [1.82, 2.24) is 10.6 Å². The van der Waals surface area contributed by atoms with Gasteiger partial charge in [-0.25, -0.2) is 0 Å². The van der Waals surface area contributed by atoms with Crippen molar-refractivity contribution in [2.24, 2.45) is 0 Å². The molecule has 1 aromatic rings. The zero-order valence-electron chi connectivity index (χ0n) is 10.2.